The zero-order chi connectivity index (χ0) is 32.0. The van der Waals surface area contributed by atoms with Gasteiger partial charge in [0, 0.05) is 17.1 Å². The third-order valence-corrected chi connectivity index (χ3v) is 8.65. The minimum atomic E-state index is 1.11. The van der Waals surface area contributed by atoms with Crippen LogP contribution in [0.25, 0.3) is 33.9 Å². The molecule has 0 saturated heterocycles. The van der Waals surface area contributed by atoms with Crippen molar-refractivity contribution in [1.29, 1.82) is 0 Å². The Bertz CT molecular complexity index is 2030. The van der Waals surface area contributed by atoms with Crippen LogP contribution in [-0.4, -0.2) is 0 Å². The Labute approximate surface area is 278 Å². The van der Waals surface area contributed by atoms with E-state index in [0.29, 0.717) is 0 Å². The van der Waals surface area contributed by atoms with Gasteiger partial charge in [0.2, 0.25) is 0 Å². The van der Waals surface area contributed by atoms with E-state index in [4.69, 9.17) is 0 Å². The molecule has 0 aliphatic rings. The lowest BCUT2D eigenvalue weighted by Gasteiger charge is -2.26. The Kier molecular flexibility index (Phi) is 8.62. The largest absolute Gasteiger partial charge is 0.311 e. The monoisotopic (exact) mass is 603 g/mol. The van der Waals surface area contributed by atoms with Gasteiger partial charge in [0.1, 0.15) is 0 Å². The van der Waals surface area contributed by atoms with Crippen LogP contribution in [0.2, 0.25) is 0 Å². The van der Waals surface area contributed by atoms with E-state index >= 15 is 0 Å². The average Bonchev–Trinajstić information content (AvgIpc) is 3.13. The van der Waals surface area contributed by atoms with Gasteiger partial charge < -0.3 is 4.90 Å². The molecule has 0 aliphatic carbocycles. The molecule has 0 amide bonds. The highest BCUT2D eigenvalue weighted by Crippen LogP contribution is 2.37. The first-order valence-corrected chi connectivity index (χ1v) is 16.2. The van der Waals surface area contributed by atoms with E-state index in [-0.39, 0.29) is 0 Å². The van der Waals surface area contributed by atoms with Gasteiger partial charge in [-0.3, -0.25) is 0 Å². The third kappa shape index (κ3) is 6.85. The normalized spacial score (nSPS) is 10.8. The fraction of sp³-hybridized carbons (Fsp3) is 0.0435. The summed E-state index contributed by atoms with van der Waals surface area (Å²) in [5.41, 5.74) is 15.5. The molecule has 0 aromatic heterocycles. The quantitative estimate of drug-likeness (QED) is 0.156. The van der Waals surface area contributed by atoms with E-state index in [9.17, 15) is 0 Å². The molecule has 1 nitrogen and oxygen atoms in total. The minimum absolute atomic E-state index is 1.11. The van der Waals surface area contributed by atoms with Crippen molar-refractivity contribution in [2.45, 2.75) is 13.8 Å². The summed E-state index contributed by atoms with van der Waals surface area (Å²) in [5, 5.41) is 0. The highest BCUT2D eigenvalue weighted by molar-refractivity contribution is 5.91. The Hall–Kier alpha value is -5.92. The van der Waals surface area contributed by atoms with Crippen LogP contribution in [0.15, 0.2) is 182 Å². The fourth-order valence-electron chi connectivity index (χ4n) is 6.00. The number of anilines is 3. The maximum atomic E-state index is 2.33. The first-order valence-electron chi connectivity index (χ1n) is 16.2. The van der Waals surface area contributed by atoms with Gasteiger partial charge in [-0.2, -0.15) is 0 Å². The minimum Gasteiger partial charge on any atom is -0.311 e. The van der Waals surface area contributed by atoms with Crippen molar-refractivity contribution in [3.8, 4) is 22.3 Å². The van der Waals surface area contributed by atoms with E-state index < -0.39 is 0 Å². The number of benzene rings is 7. The second-order valence-electron chi connectivity index (χ2n) is 12.0. The summed E-state index contributed by atoms with van der Waals surface area (Å²) < 4.78 is 0. The molecule has 0 N–H and O–H groups in total. The summed E-state index contributed by atoms with van der Waals surface area (Å²) in [7, 11) is 0. The first-order chi connectivity index (χ1) is 23.1. The second kappa shape index (κ2) is 13.6. The Morgan fingerprint density at radius 2 is 0.681 bits per heavy atom. The summed E-state index contributed by atoms with van der Waals surface area (Å²) in [6.45, 7) is 4.25. The van der Waals surface area contributed by atoms with Crippen LogP contribution in [0, 0.1) is 13.8 Å². The molecule has 7 aromatic rings. The van der Waals surface area contributed by atoms with Crippen LogP contribution in [0.5, 0.6) is 0 Å². The van der Waals surface area contributed by atoms with Gasteiger partial charge >= 0.3 is 0 Å². The summed E-state index contributed by atoms with van der Waals surface area (Å²) in [6.07, 6.45) is 2.28. The molecule has 0 bridgehead atoms. The van der Waals surface area contributed by atoms with Gasteiger partial charge in [-0.25, -0.2) is 0 Å². The predicted octanol–water partition coefficient (Wildman–Crippen LogP) is 12.7. The summed E-state index contributed by atoms with van der Waals surface area (Å²) in [6, 6.07) is 65.3. The number of hydrogen-bond donors (Lipinski definition) is 0. The van der Waals surface area contributed by atoms with Crippen molar-refractivity contribution in [3.05, 3.63) is 210 Å². The van der Waals surface area contributed by atoms with Crippen molar-refractivity contribution in [2.75, 3.05) is 4.90 Å². The molecular formula is C46H37N. The molecule has 0 atom stereocenters. The molecule has 0 fully saturated rings. The maximum Gasteiger partial charge on any atom is 0.0462 e. The van der Waals surface area contributed by atoms with Gasteiger partial charge in [-0.15, -0.1) is 0 Å². The van der Waals surface area contributed by atoms with Gasteiger partial charge in [0.15, 0.2) is 0 Å². The predicted molar refractivity (Wildman–Crippen MR) is 201 cm³/mol. The highest BCUT2D eigenvalue weighted by Gasteiger charge is 2.13. The van der Waals surface area contributed by atoms with Gasteiger partial charge in [0.25, 0.3) is 0 Å². The second-order valence-corrected chi connectivity index (χ2v) is 12.0. The molecule has 0 saturated carbocycles. The lowest BCUT2D eigenvalue weighted by molar-refractivity contribution is 1.27. The standard InChI is InChI=1S/C46H37N/c1-34-13-19-37(20-14-34)38-21-23-39(24-22-38)40-25-31-45(32-26-40)47(43-27-15-35(2)16-28-43)44-29-17-36(18-30-44)33-46(41-9-5-3-6-10-41)42-11-7-4-8-12-42/h3-33H,1-2H3. The molecule has 0 radical (unpaired) electrons. The van der Waals surface area contributed by atoms with Crippen molar-refractivity contribution < 1.29 is 0 Å². The van der Waals surface area contributed by atoms with Crippen LogP contribution in [0.4, 0.5) is 17.1 Å². The molecule has 226 valence electrons. The van der Waals surface area contributed by atoms with Crippen molar-refractivity contribution in [2.24, 2.45) is 0 Å². The van der Waals surface area contributed by atoms with Crippen molar-refractivity contribution in [3.63, 3.8) is 0 Å². The molecular weight excluding hydrogens is 567 g/mol. The number of rotatable bonds is 8. The molecule has 0 aliphatic heterocycles. The van der Waals surface area contributed by atoms with Crippen molar-refractivity contribution >= 4 is 28.7 Å². The fourth-order valence-corrected chi connectivity index (χ4v) is 6.00. The van der Waals surface area contributed by atoms with Crippen LogP contribution in [-0.2, 0) is 0 Å². The van der Waals surface area contributed by atoms with Crippen molar-refractivity contribution in [1.82, 2.24) is 0 Å². The molecule has 7 rings (SSSR count). The highest BCUT2D eigenvalue weighted by atomic mass is 15.1. The van der Waals surface area contributed by atoms with E-state index in [1.54, 1.807) is 0 Å². The molecule has 7 aromatic carbocycles. The Morgan fingerprint density at radius 3 is 1.11 bits per heavy atom. The number of aryl methyl sites for hydroxylation is 2. The lowest BCUT2D eigenvalue weighted by atomic mass is 9.95. The zero-order valence-corrected chi connectivity index (χ0v) is 26.8. The average molecular weight is 604 g/mol. The Balaban J connectivity index is 1.20. The van der Waals surface area contributed by atoms with Crippen LogP contribution in [0.1, 0.15) is 27.8 Å². The van der Waals surface area contributed by atoms with Crippen LogP contribution >= 0.6 is 0 Å². The third-order valence-electron chi connectivity index (χ3n) is 8.65. The van der Waals surface area contributed by atoms with Crippen LogP contribution < -0.4 is 4.90 Å². The smallest absolute Gasteiger partial charge is 0.0462 e. The lowest BCUT2D eigenvalue weighted by Crippen LogP contribution is -2.09. The zero-order valence-electron chi connectivity index (χ0n) is 26.8. The molecule has 0 heterocycles. The maximum absolute atomic E-state index is 2.33. The Morgan fingerprint density at radius 1 is 0.362 bits per heavy atom. The van der Waals surface area contributed by atoms with Crippen LogP contribution in [0.3, 0.4) is 0 Å². The molecule has 47 heavy (non-hydrogen) atoms. The van der Waals surface area contributed by atoms with Gasteiger partial charge in [-0.1, -0.05) is 157 Å². The van der Waals surface area contributed by atoms with Gasteiger partial charge in [-0.05, 0) is 101 Å². The van der Waals surface area contributed by atoms with E-state index in [2.05, 4.69) is 207 Å². The molecule has 0 unspecified atom stereocenters. The topological polar surface area (TPSA) is 3.24 Å². The number of nitrogens with zero attached hydrogens (tertiary/aromatic N) is 1. The van der Waals surface area contributed by atoms with Gasteiger partial charge in [0.05, 0.1) is 0 Å². The first kappa shape index (κ1) is 29.8. The summed E-state index contributed by atoms with van der Waals surface area (Å²) >= 11 is 0. The van der Waals surface area contributed by atoms with E-state index in [0.717, 1.165) is 22.6 Å². The van der Waals surface area contributed by atoms with E-state index in [1.807, 2.05) is 0 Å². The SMILES string of the molecule is Cc1ccc(-c2ccc(-c3ccc(N(c4ccc(C)cc4)c4ccc(C=C(c5ccccc5)c5ccccc5)cc4)cc3)cc2)cc1. The number of hydrogen-bond acceptors (Lipinski definition) is 1. The molecule has 1 heteroatoms. The van der Waals surface area contributed by atoms with E-state index in [1.165, 1.54) is 50.1 Å². The molecule has 0 spiro atoms. The summed E-state index contributed by atoms with van der Waals surface area (Å²) in [4.78, 5) is 2.33. The summed E-state index contributed by atoms with van der Waals surface area (Å²) in [5.74, 6) is 0.